The summed E-state index contributed by atoms with van der Waals surface area (Å²) in [6.07, 6.45) is 1.53. The van der Waals surface area contributed by atoms with Crippen molar-refractivity contribution in [3.8, 4) is 0 Å². The molecule has 2 rings (SSSR count). The highest BCUT2D eigenvalue weighted by molar-refractivity contribution is 5.97. The first-order chi connectivity index (χ1) is 7.72. The molecule has 2 amide bonds. The summed E-state index contributed by atoms with van der Waals surface area (Å²) in [5.41, 5.74) is 1.48. The third-order valence-corrected chi connectivity index (χ3v) is 2.74. The summed E-state index contributed by atoms with van der Waals surface area (Å²) in [7, 11) is 1.60. The van der Waals surface area contributed by atoms with E-state index in [-0.39, 0.29) is 11.8 Å². The Morgan fingerprint density at radius 2 is 2.00 bits per heavy atom. The lowest BCUT2D eigenvalue weighted by Gasteiger charge is -2.15. The molecule has 84 valence electrons. The maximum Gasteiger partial charge on any atom is 0.251 e. The second-order valence-corrected chi connectivity index (χ2v) is 3.77. The van der Waals surface area contributed by atoms with Crippen LogP contribution in [0.15, 0.2) is 24.3 Å². The van der Waals surface area contributed by atoms with E-state index in [1.54, 1.807) is 24.1 Å². The van der Waals surface area contributed by atoms with Crippen LogP contribution in [-0.4, -0.2) is 25.4 Å². The van der Waals surface area contributed by atoms with Crippen LogP contribution in [0.5, 0.6) is 0 Å². The Morgan fingerprint density at radius 3 is 2.50 bits per heavy atom. The molecule has 1 aliphatic heterocycles. The number of rotatable bonds is 2. The minimum atomic E-state index is -0.112. The quantitative estimate of drug-likeness (QED) is 0.810. The summed E-state index contributed by atoms with van der Waals surface area (Å²) < 4.78 is 0. The molecule has 1 aromatic rings. The molecule has 1 saturated heterocycles. The van der Waals surface area contributed by atoms with Gasteiger partial charge in [-0.05, 0) is 30.7 Å². The number of amides is 2. The molecule has 0 atom stereocenters. The number of benzene rings is 1. The van der Waals surface area contributed by atoms with Gasteiger partial charge in [0.2, 0.25) is 5.91 Å². The molecule has 0 spiro atoms. The fourth-order valence-corrected chi connectivity index (χ4v) is 1.86. The topological polar surface area (TPSA) is 49.4 Å². The predicted octanol–water partition coefficient (Wildman–Crippen LogP) is 1.17. The van der Waals surface area contributed by atoms with E-state index in [1.165, 1.54) is 0 Å². The normalized spacial score (nSPS) is 15.3. The second kappa shape index (κ2) is 4.35. The zero-order valence-electron chi connectivity index (χ0n) is 9.19. The first kappa shape index (κ1) is 10.7. The van der Waals surface area contributed by atoms with Crippen molar-refractivity contribution in [3.63, 3.8) is 0 Å². The summed E-state index contributed by atoms with van der Waals surface area (Å²) in [4.78, 5) is 24.6. The molecule has 0 unspecified atom stereocenters. The van der Waals surface area contributed by atoms with Crippen molar-refractivity contribution in [1.82, 2.24) is 5.32 Å². The molecule has 0 saturated carbocycles. The van der Waals surface area contributed by atoms with Crippen molar-refractivity contribution in [2.75, 3.05) is 18.5 Å². The van der Waals surface area contributed by atoms with Crippen molar-refractivity contribution in [2.45, 2.75) is 12.8 Å². The lowest BCUT2D eigenvalue weighted by Crippen LogP contribution is -2.24. The summed E-state index contributed by atoms with van der Waals surface area (Å²) in [5, 5.41) is 2.56. The first-order valence-corrected chi connectivity index (χ1v) is 5.35. The van der Waals surface area contributed by atoms with Gasteiger partial charge in [0, 0.05) is 31.3 Å². The van der Waals surface area contributed by atoms with E-state index in [1.807, 2.05) is 12.1 Å². The number of anilines is 1. The second-order valence-electron chi connectivity index (χ2n) is 3.77. The van der Waals surface area contributed by atoms with Crippen LogP contribution in [0.25, 0.3) is 0 Å². The van der Waals surface area contributed by atoms with Crippen molar-refractivity contribution >= 4 is 17.5 Å². The molecule has 0 aliphatic carbocycles. The Hall–Kier alpha value is -1.84. The smallest absolute Gasteiger partial charge is 0.251 e. The monoisotopic (exact) mass is 218 g/mol. The van der Waals surface area contributed by atoms with E-state index in [0.29, 0.717) is 12.0 Å². The maximum absolute atomic E-state index is 11.5. The Morgan fingerprint density at radius 1 is 1.31 bits per heavy atom. The molecule has 0 radical (unpaired) electrons. The Labute approximate surface area is 94.2 Å². The molecule has 4 heteroatoms. The standard InChI is InChI=1S/C12H14N2O2/c1-13-12(16)9-4-6-10(7-5-9)14-8-2-3-11(14)15/h4-7H,2-3,8H2,1H3,(H,13,16). The number of nitrogens with zero attached hydrogens (tertiary/aromatic N) is 1. The van der Waals surface area contributed by atoms with Crippen LogP contribution in [0, 0.1) is 0 Å². The predicted molar refractivity (Wildman–Crippen MR) is 61.4 cm³/mol. The summed E-state index contributed by atoms with van der Waals surface area (Å²) in [5.74, 6) is 0.0481. The van der Waals surface area contributed by atoms with Gasteiger partial charge in [-0.25, -0.2) is 0 Å². The van der Waals surface area contributed by atoms with Gasteiger partial charge in [-0.2, -0.15) is 0 Å². The number of carbonyl (C=O) groups is 2. The fourth-order valence-electron chi connectivity index (χ4n) is 1.86. The lowest BCUT2D eigenvalue weighted by molar-refractivity contribution is -0.117. The van der Waals surface area contributed by atoms with E-state index in [0.717, 1.165) is 18.7 Å². The van der Waals surface area contributed by atoms with Gasteiger partial charge >= 0.3 is 0 Å². The third kappa shape index (κ3) is 1.91. The molecule has 0 aromatic heterocycles. The molecule has 4 nitrogen and oxygen atoms in total. The summed E-state index contributed by atoms with van der Waals surface area (Å²) >= 11 is 0. The van der Waals surface area contributed by atoms with Gasteiger partial charge in [0.15, 0.2) is 0 Å². The average molecular weight is 218 g/mol. The third-order valence-electron chi connectivity index (χ3n) is 2.74. The largest absolute Gasteiger partial charge is 0.355 e. The molecule has 1 N–H and O–H groups in total. The average Bonchev–Trinajstić information content (AvgIpc) is 2.75. The maximum atomic E-state index is 11.5. The van der Waals surface area contributed by atoms with E-state index in [4.69, 9.17) is 0 Å². The highest BCUT2D eigenvalue weighted by atomic mass is 16.2. The number of carbonyl (C=O) groups excluding carboxylic acids is 2. The van der Waals surface area contributed by atoms with Crippen LogP contribution < -0.4 is 10.2 Å². The molecular weight excluding hydrogens is 204 g/mol. The van der Waals surface area contributed by atoms with Crippen molar-refractivity contribution in [1.29, 1.82) is 0 Å². The highest BCUT2D eigenvalue weighted by Crippen LogP contribution is 2.21. The van der Waals surface area contributed by atoms with Crippen molar-refractivity contribution in [3.05, 3.63) is 29.8 Å². The minimum absolute atomic E-state index is 0.112. The molecule has 1 aliphatic rings. The number of nitrogens with one attached hydrogen (secondary N) is 1. The van der Waals surface area contributed by atoms with Crippen LogP contribution in [0.4, 0.5) is 5.69 Å². The van der Waals surface area contributed by atoms with Gasteiger partial charge in [0.25, 0.3) is 5.91 Å². The molecule has 1 heterocycles. The number of hydrogen-bond acceptors (Lipinski definition) is 2. The van der Waals surface area contributed by atoms with Gasteiger partial charge < -0.3 is 10.2 Å². The summed E-state index contributed by atoms with van der Waals surface area (Å²) in [6.45, 7) is 0.776. The number of hydrogen-bond donors (Lipinski definition) is 1. The van der Waals surface area contributed by atoms with Gasteiger partial charge in [-0.1, -0.05) is 0 Å². The van der Waals surface area contributed by atoms with Crippen LogP contribution in [0.2, 0.25) is 0 Å². The summed E-state index contributed by atoms with van der Waals surface area (Å²) in [6, 6.07) is 7.10. The van der Waals surface area contributed by atoms with Crippen LogP contribution in [0.1, 0.15) is 23.2 Å². The molecule has 1 aromatic carbocycles. The minimum Gasteiger partial charge on any atom is -0.355 e. The lowest BCUT2D eigenvalue weighted by atomic mass is 10.2. The SMILES string of the molecule is CNC(=O)c1ccc(N2CCCC2=O)cc1. The molecular formula is C12H14N2O2. The Bertz CT molecular complexity index is 412. The van der Waals surface area contributed by atoms with Gasteiger partial charge in [-0.15, -0.1) is 0 Å². The fraction of sp³-hybridized carbons (Fsp3) is 0.333. The highest BCUT2D eigenvalue weighted by Gasteiger charge is 2.21. The van der Waals surface area contributed by atoms with Crippen LogP contribution in [0.3, 0.4) is 0 Å². The Balaban J connectivity index is 2.19. The zero-order valence-corrected chi connectivity index (χ0v) is 9.19. The van der Waals surface area contributed by atoms with E-state index >= 15 is 0 Å². The van der Waals surface area contributed by atoms with Crippen LogP contribution >= 0.6 is 0 Å². The van der Waals surface area contributed by atoms with Crippen molar-refractivity contribution < 1.29 is 9.59 Å². The van der Waals surface area contributed by atoms with Crippen LogP contribution in [-0.2, 0) is 4.79 Å². The van der Waals surface area contributed by atoms with Gasteiger partial charge in [-0.3, -0.25) is 9.59 Å². The molecule has 16 heavy (non-hydrogen) atoms. The Kier molecular flexibility index (Phi) is 2.90. The van der Waals surface area contributed by atoms with Crippen molar-refractivity contribution in [2.24, 2.45) is 0 Å². The molecule has 1 fully saturated rings. The van der Waals surface area contributed by atoms with E-state index in [2.05, 4.69) is 5.32 Å². The molecule has 0 bridgehead atoms. The van der Waals surface area contributed by atoms with E-state index in [9.17, 15) is 9.59 Å². The first-order valence-electron chi connectivity index (χ1n) is 5.35. The van der Waals surface area contributed by atoms with E-state index < -0.39 is 0 Å². The van der Waals surface area contributed by atoms with Gasteiger partial charge in [0.05, 0.1) is 0 Å². The van der Waals surface area contributed by atoms with Gasteiger partial charge in [0.1, 0.15) is 0 Å². The zero-order chi connectivity index (χ0) is 11.5.